The van der Waals surface area contributed by atoms with Gasteiger partial charge in [0.05, 0.1) is 16.8 Å². The van der Waals surface area contributed by atoms with Crippen molar-refractivity contribution < 1.29 is 0 Å². The summed E-state index contributed by atoms with van der Waals surface area (Å²) in [5, 5.41) is 6.06. The van der Waals surface area contributed by atoms with E-state index in [0.717, 1.165) is 5.69 Å². The van der Waals surface area contributed by atoms with Crippen molar-refractivity contribution in [3.8, 4) is 0 Å². The summed E-state index contributed by atoms with van der Waals surface area (Å²) in [4.78, 5) is 1.28. The topological polar surface area (TPSA) is 12.0 Å². The van der Waals surface area contributed by atoms with Crippen LogP contribution in [-0.4, -0.2) is 0 Å². The lowest BCUT2D eigenvalue weighted by Gasteiger charge is -2.15. The van der Waals surface area contributed by atoms with Crippen LogP contribution in [0.15, 0.2) is 48.5 Å². The molecule has 3 rings (SSSR count). The Labute approximate surface area is 132 Å². The minimum atomic E-state index is 0.184. The third-order valence-corrected chi connectivity index (χ3v) is 5.04. The minimum Gasteiger partial charge on any atom is -0.376 e. The van der Waals surface area contributed by atoms with Gasteiger partial charge in [0.15, 0.2) is 0 Å². The van der Waals surface area contributed by atoms with Crippen LogP contribution in [-0.2, 0) is 0 Å². The summed E-state index contributed by atoms with van der Waals surface area (Å²) in [6.45, 7) is 2.13. The van der Waals surface area contributed by atoms with Crippen LogP contribution in [0.1, 0.15) is 17.8 Å². The number of hydrogen-bond acceptors (Lipinski definition) is 2. The van der Waals surface area contributed by atoms with E-state index in [1.807, 2.05) is 12.1 Å². The molecule has 1 heterocycles. The third kappa shape index (κ3) is 2.78. The summed E-state index contributed by atoms with van der Waals surface area (Å²) < 4.78 is 1.30. The fourth-order valence-electron chi connectivity index (χ4n) is 2.13. The summed E-state index contributed by atoms with van der Waals surface area (Å²) in [7, 11) is 0. The molecule has 1 N–H and O–H groups in total. The molecule has 4 heteroatoms. The van der Waals surface area contributed by atoms with Crippen LogP contribution >= 0.6 is 34.5 Å². The first-order valence-electron chi connectivity index (χ1n) is 6.33. The number of rotatable bonds is 3. The van der Waals surface area contributed by atoms with Crippen molar-refractivity contribution in [2.45, 2.75) is 13.0 Å². The summed E-state index contributed by atoms with van der Waals surface area (Å²) in [5.41, 5.74) is 0.865. The highest BCUT2D eigenvalue weighted by atomic mass is 35.5. The van der Waals surface area contributed by atoms with E-state index in [1.165, 1.54) is 15.0 Å². The second-order valence-electron chi connectivity index (χ2n) is 4.68. The Morgan fingerprint density at radius 2 is 1.85 bits per heavy atom. The van der Waals surface area contributed by atoms with Gasteiger partial charge in [-0.1, -0.05) is 41.4 Å². The first kappa shape index (κ1) is 13.7. The van der Waals surface area contributed by atoms with Gasteiger partial charge >= 0.3 is 0 Å². The molecule has 0 aliphatic heterocycles. The lowest BCUT2D eigenvalue weighted by molar-refractivity contribution is 0.909. The van der Waals surface area contributed by atoms with Crippen LogP contribution in [0.2, 0.25) is 10.0 Å². The van der Waals surface area contributed by atoms with Crippen molar-refractivity contribution in [2.24, 2.45) is 0 Å². The second-order valence-corrected chi connectivity index (χ2v) is 6.64. The Hall–Kier alpha value is -1.22. The van der Waals surface area contributed by atoms with E-state index in [0.29, 0.717) is 10.0 Å². The molecule has 0 aliphatic rings. The number of thiophene rings is 1. The zero-order valence-corrected chi connectivity index (χ0v) is 13.2. The highest BCUT2D eigenvalue weighted by molar-refractivity contribution is 7.19. The van der Waals surface area contributed by atoms with E-state index in [2.05, 4.69) is 42.6 Å². The van der Waals surface area contributed by atoms with Gasteiger partial charge < -0.3 is 5.32 Å². The summed E-state index contributed by atoms with van der Waals surface area (Å²) in [5.74, 6) is 0. The molecule has 1 unspecified atom stereocenters. The van der Waals surface area contributed by atoms with Crippen LogP contribution in [0.4, 0.5) is 5.69 Å². The van der Waals surface area contributed by atoms with E-state index in [9.17, 15) is 0 Å². The van der Waals surface area contributed by atoms with E-state index >= 15 is 0 Å². The van der Waals surface area contributed by atoms with Gasteiger partial charge in [-0.05, 0) is 42.6 Å². The molecule has 0 saturated carbocycles. The molecule has 0 aliphatic carbocycles. The Morgan fingerprint density at radius 3 is 2.65 bits per heavy atom. The number of halogens is 2. The van der Waals surface area contributed by atoms with Crippen LogP contribution in [0.3, 0.4) is 0 Å². The molecular formula is C16H13Cl2NS. The molecule has 1 atom stereocenters. The molecule has 3 aromatic rings. The van der Waals surface area contributed by atoms with Gasteiger partial charge in [0.2, 0.25) is 0 Å². The number of nitrogens with one attached hydrogen (secondary N) is 1. The Kier molecular flexibility index (Phi) is 3.88. The average molecular weight is 322 g/mol. The largest absolute Gasteiger partial charge is 0.376 e. The van der Waals surface area contributed by atoms with Crippen LogP contribution in [0.25, 0.3) is 10.1 Å². The van der Waals surface area contributed by atoms with Crippen molar-refractivity contribution in [2.75, 3.05) is 5.32 Å². The molecule has 20 heavy (non-hydrogen) atoms. The predicted octanol–water partition coefficient (Wildman–Crippen LogP) is 6.38. The summed E-state index contributed by atoms with van der Waals surface area (Å²) in [6, 6.07) is 16.3. The molecule has 0 spiro atoms. The Bertz CT molecular complexity index is 718. The van der Waals surface area contributed by atoms with Gasteiger partial charge in [-0.15, -0.1) is 11.3 Å². The third-order valence-electron chi connectivity index (χ3n) is 3.17. The quantitative estimate of drug-likeness (QED) is 0.590. The standard InChI is InChI=1S/C16H13Cl2NS/c1-10(19-14-9-12(17)6-7-13(14)18)16-8-11-4-2-3-5-15(11)20-16/h2-10,19H,1H3. The molecule has 2 aromatic carbocycles. The van der Waals surface area contributed by atoms with Crippen molar-refractivity contribution in [3.05, 3.63) is 63.5 Å². The highest BCUT2D eigenvalue weighted by Gasteiger charge is 2.11. The molecule has 102 valence electrons. The molecule has 0 bridgehead atoms. The van der Waals surface area contributed by atoms with Crippen molar-refractivity contribution >= 4 is 50.3 Å². The molecule has 1 nitrogen and oxygen atoms in total. The Morgan fingerprint density at radius 1 is 1.05 bits per heavy atom. The number of anilines is 1. The fourth-order valence-corrected chi connectivity index (χ4v) is 3.54. The SMILES string of the molecule is CC(Nc1cc(Cl)ccc1Cl)c1cc2ccccc2s1. The number of hydrogen-bond donors (Lipinski definition) is 1. The first-order chi connectivity index (χ1) is 9.63. The monoisotopic (exact) mass is 321 g/mol. The first-order valence-corrected chi connectivity index (χ1v) is 7.91. The number of benzene rings is 2. The summed E-state index contributed by atoms with van der Waals surface area (Å²) in [6.07, 6.45) is 0. The maximum Gasteiger partial charge on any atom is 0.0638 e. The van der Waals surface area contributed by atoms with Crippen molar-refractivity contribution in [1.29, 1.82) is 0 Å². The predicted molar refractivity (Wildman–Crippen MR) is 90.3 cm³/mol. The van der Waals surface area contributed by atoms with Crippen LogP contribution in [0.5, 0.6) is 0 Å². The molecule has 0 amide bonds. The highest BCUT2D eigenvalue weighted by Crippen LogP contribution is 2.33. The Balaban J connectivity index is 1.88. The number of fused-ring (bicyclic) bond motifs is 1. The summed E-state index contributed by atoms with van der Waals surface area (Å²) >= 11 is 14.0. The maximum atomic E-state index is 6.19. The lowest BCUT2D eigenvalue weighted by atomic mass is 10.2. The molecule has 0 saturated heterocycles. The average Bonchev–Trinajstić information content (AvgIpc) is 2.87. The second kappa shape index (κ2) is 5.65. The van der Waals surface area contributed by atoms with Gasteiger partial charge in [-0.25, -0.2) is 0 Å². The molecule has 1 aromatic heterocycles. The van der Waals surface area contributed by atoms with Crippen LogP contribution < -0.4 is 5.32 Å². The van der Waals surface area contributed by atoms with Crippen molar-refractivity contribution in [3.63, 3.8) is 0 Å². The van der Waals surface area contributed by atoms with Crippen LogP contribution in [0, 0.1) is 0 Å². The smallest absolute Gasteiger partial charge is 0.0638 e. The minimum absolute atomic E-state index is 0.184. The molecule has 0 fully saturated rings. The van der Waals surface area contributed by atoms with E-state index in [1.54, 1.807) is 17.4 Å². The van der Waals surface area contributed by atoms with E-state index in [-0.39, 0.29) is 6.04 Å². The maximum absolute atomic E-state index is 6.19. The van der Waals surface area contributed by atoms with Gasteiger partial charge in [-0.3, -0.25) is 0 Å². The normalized spacial score (nSPS) is 12.6. The lowest BCUT2D eigenvalue weighted by Crippen LogP contribution is -2.05. The zero-order valence-electron chi connectivity index (χ0n) is 10.9. The van der Waals surface area contributed by atoms with Crippen molar-refractivity contribution in [1.82, 2.24) is 0 Å². The molecule has 0 radical (unpaired) electrons. The fraction of sp³-hybridized carbons (Fsp3) is 0.125. The van der Waals surface area contributed by atoms with Gasteiger partial charge in [0.1, 0.15) is 0 Å². The molecular weight excluding hydrogens is 309 g/mol. The van der Waals surface area contributed by atoms with Gasteiger partial charge in [0, 0.05) is 14.6 Å². The van der Waals surface area contributed by atoms with E-state index < -0.39 is 0 Å². The van der Waals surface area contributed by atoms with E-state index in [4.69, 9.17) is 23.2 Å². The van der Waals surface area contributed by atoms with Gasteiger partial charge in [0.25, 0.3) is 0 Å². The zero-order chi connectivity index (χ0) is 14.1. The van der Waals surface area contributed by atoms with Gasteiger partial charge in [-0.2, -0.15) is 0 Å².